The van der Waals surface area contributed by atoms with Gasteiger partial charge in [0.2, 0.25) is 10.0 Å². The summed E-state index contributed by atoms with van der Waals surface area (Å²) in [6.07, 6.45) is 3.74. The lowest BCUT2D eigenvalue weighted by Gasteiger charge is -2.26. The van der Waals surface area contributed by atoms with Gasteiger partial charge in [0.25, 0.3) is 5.91 Å². The van der Waals surface area contributed by atoms with E-state index >= 15 is 0 Å². The Balaban J connectivity index is 1.71. The third-order valence-electron chi connectivity index (χ3n) is 4.63. The highest BCUT2D eigenvalue weighted by Gasteiger charge is 2.26. The lowest BCUT2D eigenvalue weighted by atomic mass is 10.2. The van der Waals surface area contributed by atoms with Crippen molar-refractivity contribution in [2.24, 2.45) is 0 Å². The summed E-state index contributed by atoms with van der Waals surface area (Å²) in [5.41, 5.74) is 0.933. The molecule has 150 valence electrons. The maximum atomic E-state index is 12.8. The Morgan fingerprint density at radius 3 is 2.46 bits per heavy atom. The normalized spacial score (nSPS) is 15.2. The van der Waals surface area contributed by atoms with Gasteiger partial charge in [0.15, 0.2) is 0 Å². The van der Waals surface area contributed by atoms with E-state index in [4.69, 9.17) is 4.74 Å². The fraction of sp³-hybridized carbons (Fsp3) is 0.381. The molecule has 7 heteroatoms. The second-order valence-electron chi connectivity index (χ2n) is 6.82. The van der Waals surface area contributed by atoms with E-state index in [1.807, 2.05) is 6.92 Å². The zero-order chi connectivity index (χ0) is 20.0. The molecule has 2 aromatic carbocycles. The van der Waals surface area contributed by atoms with E-state index in [-0.39, 0.29) is 10.8 Å². The van der Waals surface area contributed by atoms with Crippen LogP contribution in [0.4, 0.5) is 5.69 Å². The first kappa shape index (κ1) is 20.4. The Hall–Kier alpha value is -2.38. The smallest absolute Gasteiger partial charge is 0.255 e. The summed E-state index contributed by atoms with van der Waals surface area (Å²) in [6, 6.07) is 13.3. The van der Waals surface area contributed by atoms with Gasteiger partial charge in [0, 0.05) is 24.3 Å². The van der Waals surface area contributed by atoms with Crippen LogP contribution in [0, 0.1) is 0 Å². The monoisotopic (exact) mass is 402 g/mol. The quantitative estimate of drug-likeness (QED) is 0.762. The maximum absolute atomic E-state index is 12.8. The van der Waals surface area contributed by atoms with Crippen molar-refractivity contribution in [3.63, 3.8) is 0 Å². The number of carbonyl (C=O) groups is 1. The SMILES string of the molecule is CCCOc1ccc(C(=O)Nc2cccc(S(=O)(=O)N3CCCCC3)c2)cc1. The molecule has 0 aliphatic carbocycles. The van der Waals surface area contributed by atoms with Gasteiger partial charge in [-0.1, -0.05) is 19.4 Å². The Kier molecular flexibility index (Phi) is 6.70. The van der Waals surface area contributed by atoms with Gasteiger partial charge in [-0.25, -0.2) is 8.42 Å². The molecule has 6 nitrogen and oxygen atoms in total. The van der Waals surface area contributed by atoms with Gasteiger partial charge in [0.05, 0.1) is 11.5 Å². The molecule has 28 heavy (non-hydrogen) atoms. The van der Waals surface area contributed by atoms with Crippen LogP contribution in [0.2, 0.25) is 0 Å². The number of nitrogens with one attached hydrogen (secondary N) is 1. The van der Waals surface area contributed by atoms with E-state index in [1.165, 1.54) is 10.4 Å². The fourth-order valence-corrected chi connectivity index (χ4v) is 4.68. The minimum Gasteiger partial charge on any atom is -0.494 e. The lowest BCUT2D eigenvalue weighted by Crippen LogP contribution is -2.35. The largest absolute Gasteiger partial charge is 0.494 e. The number of benzene rings is 2. The van der Waals surface area contributed by atoms with Gasteiger partial charge in [-0.05, 0) is 61.7 Å². The molecule has 1 fully saturated rings. The summed E-state index contributed by atoms with van der Waals surface area (Å²) in [7, 11) is -3.53. The van der Waals surface area contributed by atoms with Gasteiger partial charge < -0.3 is 10.1 Å². The number of ether oxygens (including phenoxy) is 1. The van der Waals surface area contributed by atoms with Crippen molar-refractivity contribution in [3.05, 3.63) is 54.1 Å². The van der Waals surface area contributed by atoms with Crippen LogP contribution in [-0.2, 0) is 10.0 Å². The molecule has 1 aliphatic heterocycles. The Labute approximate surface area is 166 Å². The third-order valence-corrected chi connectivity index (χ3v) is 6.53. The highest BCUT2D eigenvalue weighted by atomic mass is 32.2. The number of anilines is 1. The molecule has 0 aromatic heterocycles. The minimum absolute atomic E-state index is 0.204. The summed E-state index contributed by atoms with van der Waals surface area (Å²) >= 11 is 0. The fourth-order valence-electron chi connectivity index (χ4n) is 3.11. The average Bonchev–Trinajstić information content (AvgIpc) is 2.73. The molecule has 0 bridgehead atoms. The molecule has 0 spiro atoms. The van der Waals surface area contributed by atoms with Gasteiger partial charge in [-0.3, -0.25) is 4.79 Å². The van der Waals surface area contributed by atoms with Crippen LogP contribution in [0.15, 0.2) is 53.4 Å². The molecule has 0 atom stereocenters. The first-order valence-electron chi connectivity index (χ1n) is 9.65. The molecule has 1 amide bonds. The number of hydrogen-bond donors (Lipinski definition) is 1. The van der Waals surface area contributed by atoms with Crippen LogP contribution in [0.25, 0.3) is 0 Å². The van der Waals surface area contributed by atoms with E-state index in [0.29, 0.717) is 36.7 Å². The van der Waals surface area contributed by atoms with Crippen LogP contribution in [-0.4, -0.2) is 38.3 Å². The van der Waals surface area contributed by atoms with E-state index in [0.717, 1.165) is 25.7 Å². The standard InChI is InChI=1S/C21H26N2O4S/c1-2-15-27-19-11-9-17(10-12-19)21(24)22-18-7-6-8-20(16-18)28(25,26)23-13-4-3-5-14-23/h6-12,16H,2-5,13-15H2,1H3,(H,22,24). The molecule has 2 aromatic rings. The zero-order valence-electron chi connectivity index (χ0n) is 16.1. The molecular formula is C21H26N2O4S. The third kappa shape index (κ3) is 4.91. The first-order valence-corrected chi connectivity index (χ1v) is 11.1. The molecule has 0 radical (unpaired) electrons. The average molecular weight is 403 g/mol. The Morgan fingerprint density at radius 1 is 1.07 bits per heavy atom. The van der Waals surface area contributed by atoms with Gasteiger partial charge in [-0.15, -0.1) is 0 Å². The van der Waals surface area contributed by atoms with Crippen molar-refractivity contribution in [3.8, 4) is 5.75 Å². The molecular weight excluding hydrogens is 376 g/mol. The first-order chi connectivity index (χ1) is 13.5. The van der Waals surface area contributed by atoms with Crippen molar-refractivity contribution in [2.45, 2.75) is 37.5 Å². The van der Waals surface area contributed by atoms with Crippen molar-refractivity contribution in [2.75, 3.05) is 25.0 Å². The van der Waals surface area contributed by atoms with Crippen LogP contribution < -0.4 is 10.1 Å². The summed E-state index contributed by atoms with van der Waals surface area (Å²) < 4.78 is 32.7. The second kappa shape index (κ2) is 9.21. The van der Waals surface area contributed by atoms with Crippen LogP contribution in [0.1, 0.15) is 43.0 Å². The summed E-state index contributed by atoms with van der Waals surface area (Å²) in [4.78, 5) is 12.7. The van der Waals surface area contributed by atoms with E-state index in [1.54, 1.807) is 42.5 Å². The number of amides is 1. The number of rotatable bonds is 7. The minimum atomic E-state index is -3.53. The topological polar surface area (TPSA) is 75.7 Å². The van der Waals surface area contributed by atoms with E-state index < -0.39 is 10.0 Å². The van der Waals surface area contributed by atoms with Crippen molar-refractivity contribution < 1.29 is 17.9 Å². The highest BCUT2D eigenvalue weighted by molar-refractivity contribution is 7.89. The van der Waals surface area contributed by atoms with Crippen molar-refractivity contribution in [1.29, 1.82) is 0 Å². The lowest BCUT2D eigenvalue weighted by molar-refractivity contribution is 0.102. The second-order valence-corrected chi connectivity index (χ2v) is 8.76. The Bertz CT molecular complexity index is 904. The summed E-state index contributed by atoms with van der Waals surface area (Å²) in [5.74, 6) is 0.419. The number of nitrogens with zero attached hydrogens (tertiary/aromatic N) is 1. The maximum Gasteiger partial charge on any atom is 0.255 e. The molecule has 0 saturated carbocycles. The summed E-state index contributed by atoms with van der Waals surface area (Å²) in [5, 5.41) is 2.77. The molecule has 3 rings (SSSR count). The van der Waals surface area contributed by atoms with Crippen LogP contribution >= 0.6 is 0 Å². The molecule has 0 unspecified atom stereocenters. The predicted octanol–water partition coefficient (Wildman–Crippen LogP) is 3.90. The van der Waals surface area contributed by atoms with Crippen molar-refractivity contribution >= 4 is 21.6 Å². The van der Waals surface area contributed by atoms with Gasteiger partial charge in [-0.2, -0.15) is 4.31 Å². The number of sulfonamides is 1. The van der Waals surface area contributed by atoms with E-state index in [9.17, 15) is 13.2 Å². The van der Waals surface area contributed by atoms with Crippen LogP contribution in [0.5, 0.6) is 5.75 Å². The summed E-state index contributed by atoms with van der Waals surface area (Å²) in [6.45, 7) is 3.75. The van der Waals surface area contributed by atoms with Gasteiger partial charge in [0.1, 0.15) is 5.75 Å². The molecule has 1 saturated heterocycles. The number of hydrogen-bond acceptors (Lipinski definition) is 4. The number of piperidine rings is 1. The predicted molar refractivity (Wildman–Crippen MR) is 109 cm³/mol. The van der Waals surface area contributed by atoms with E-state index in [2.05, 4.69) is 5.32 Å². The highest BCUT2D eigenvalue weighted by Crippen LogP contribution is 2.23. The zero-order valence-corrected chi connectivity index (χ0v) is 16.9. The number of carbonyl (C=O) groups excluding carboxylic acids is 1. The molecule has 1 heterocycles. The van der Waals surface area contributed by atoms with Crippen LogP contribution in [0.3, 0.4) is 0 Å². The Morgan fingerprint density at radius 2 is 1.79 bits per heavy atom. The molecule has 1 N–H and O–H groups in total. The van der Waals surface area contributed by atoms with Crippen molar-refractivity contribution in [1.82, 2.24) is 4.31 Å². The van der Waals surface area contributed by atoms with Gasteiger partial charge >= 0.3 is 0 Å². The molecule has 1 aliphatic rings.